The molecule has 1 unspecified atom stereocenters. The van der Waals surface area contributed by atoms with Crippen molar-refractivity contribution in [2.45, 2.75) is 32.2 Å². The molecule has 1 heterocycles. The molecule has 1 saturated heterocycles. The molecule has 0 spiro atoms. The minimum atomic E-state index is 0.625. The lowest BCUT2D eigenvalue weighted by Crippen LogP contribution is -2.46. The van der Waals surface area contributed by atoms with Crippen LogP contribution in [0.3, 0.4) is 0 Å². The van der Waals surface area contributed by atoms with Gasteiger partial charge in [0.25, 0.3) is 0 Å². The van der Waals surface area contributed by atoms with Crippen LogP contribution >= 0.6 is 0 Å². The van der Waals surface area contributed by atoms with Gasteiger partial charge in [0.2, 0.25) is 0 Å². The van der Waals surface area contributed by atoms with E-state index in [1.165, 1.54) is 32.4 Å². The number of rotatable bonds is 6. The summed E-state index contributed by atoms with van der Waals surface area (Å²) in [4.78, 5) is 6.76. The first kappa shape index (κ1) is 14.0. The maximum absolute atomic E-state index is 4.19. The van der Waals surface area contributed by atoms with Crippen LogP contribution in [-0.4, -0.2) is 50.1 Å². The fraction of sp³-hybridized carbons (Fsp3) is 0.769. The predicted molar refractivity (Wildman–Crippen MR) is 74.4 cm³/mol. The van der Waals surface area contributed by atoms with Crippen LogP contribution in [0.25, 0.3) is 0 Å². The van der Waals surface area contributed by atoms with Gasteiger partial charge in [0.15, 0.2) is 5.96 Å². The molecular formula is C13H26N4. The molecule has 1 rings (SSSR count). The van der Waals surface area contributed by atoms with Gasteiger partial charge in [-0.25, -0.2) is 0 Å². The molecule has 4 nitrogen and oxygen atoms in total. The molecular weight excluding hydrogens is 212 g/mol. The third-order valence-electron chi connectivity index (χ3n) is 3.27. The van der Waals surface area contributed by atoms with E-state index in [0.717, 1.165) is 19.0 Å². The first-order chi connectivity index (χ1) is 8.31. The smallest absolute Gasteiger partial charge is 0.191 e. The van der Waals surface area contributed by atoms with E-state index < -0.39 is 0 Å². The third kappa shape index (κ3) is 4.77. The van der Waals surface area contributed by atoms with Gasteiger partial charge in [-0.15, -0.1) is 6.58 Å². The zero-order valence-electron chi connectivity index (χ0n) is 11.2. The van der Waals surface area contributed by atoms with Crippen LogP contribution in [0.5, 0.6) is 0 Å². The van der Waals surface area contributed by atoms with Crippen LogP contribution in [0.2, 0.25) is 0 Å². The molecule has 98 valence electrons. The second-order valence-corrected chi connectivity index (χ2v) is 4.43. The summed E-state index contributed by atoms with van der Waals surface area (Å²) in [6, 6.07) is 0.625. The molecule has 0 aliphatic carbocycles. The Labute approximate surface area is 105 Å². The van der Waals surface area contributed by atoms with Gasteiger partial charge in [0.1, 0.15) is 0 Å². The molecule has 1 aliphatic heterocycles. The highest BCUT2D eigenvalue weighted by atomic mass is 15.2. The number of guanidine groups is 1. The van der Waals surface area contributed by atoms with E-state index in [-0.39, 0.29) is 0 Å². The van der Waals surface area contributed by atoms with Crippen molar-refractivity contribution in [3.63, 3.8) is 0 Å². The van der Waals surface area contributed by atoms with E-state index in [9.17, 15) is 0 Å². The Morgan fingerprint density at radius 2 is 2.12 bits per heavy atom. The van der Waals surface area contributed by atoms with E-state index in [2.05, 4.69) is 34.0 Å². The van der Waals surface area contributed by atoms with E-state index in [1.807, 2.05) is 6.08 Å². The summed E-state index contributed by atoms with van der Waals surface area (Å²) in [6.45, 7) is 10.2. The minimum absolute atomic E-state index is 0.625. The molecule has 17 heavy (non-hydrogen) atoms. The second-order valence-electron chi connectivity index (χ2n) is 4.43. The number of nitrogens with one attached hydrogen (secondary N) is 2. The molecule has 1 atom stereocenters. The van der Waals surface area contributed by atoms with Gasteiger partial charge in [-0.3, -0.25) is 9.89 Å². The molecule has 1 aliphatic rings. The van der Waals surface area contributed by atoms with E-state index >= 15 is 0 Å². The van der Waals surface area contributed by atoms with Gasteiger partial charge in [0, 0.05) is 26.2 Å². The second kappa shape index (κ2) is 8.12. The van der Waals surface area contributed by atoms with Crippen molar-refractivity contribution >= 4 is 5.96 Å². The fourth-order valence-electron chi connectivity index (χ4n) is 2.24. The Bertz CT molecular complexity index is 244. The standard InChI is InChI=1S/C13H26N4/c1-4-8-15-13(14-3)16-11-12(5-2)17-9-6-7-10-17/h4,12H,1,5-11H2,2-3H3,(H2,14,15,16). The zero-order valence-corrected chi connectivity index (χ0v) is 11.2. The molecule has 2 N–H and O–H groups in total. The van der Waals surface area contributed by atoms with Gasteiger partial charge in [-0.1, -0.05) is 13.0 Å². The third-order valence-corrected chi connectivity index (χ3v) is 3.27. The minimum Gasteiger partial charge on any atom is -0.355 e. The summed E-state index contributed by atoms with van der Waals surface area (Å²) in [5.41, 5.74) is 0. The van der Waals surface area contributed by atoms with Crippen LogP contribution in [0, 0.1) is 0 Å². The monoisotopic (exact) mass is 238 g/mol. The van der Waals surface area contributed by atoms with Gasteiger partial charge in [-0.05, 0) is 32.4 Å². The molecule has 0 aromatic heterocycles. The summed E-state index contributed by atoms with van der Waals surface area (Å²) >= 11 is 0. The summed E-state index contributed by atoms with van der Waals surface area (Å²) < 4.78 is 0. The molecule has 4 heteroatoms. The Morgan fingerprint density at radius 1 is 1.41 bits per heavy atom. The summed E-state index contributed by atoms with van der Waals surface area (Å²) in [5, 5.41) is 6.57. The van der Waals surface area contributed by atoms with Crippen molar-refractivity contribution < 1.29 is 0 Å². The highest BCUT2D eigenvalue weighted by Crippen LogP contribution is 2.13. The van der Waals surface area contributed by atoms with Gasteiger partial charge in [0.05, 0.1) is 0 Å². The average molecular weight is 238 g/mol. The SMILES string of the molecule is C=CCNC(=NC)NCC(CC)N1CCCC1. The van der Waals surface area contributed by atoms with Crippen molar-refractivity contribution in [3.8, 4) is 0 Å². The van der Waals surface area contributed by atoms with Crippen LogP contribution in [0.4, 0.5) is 0 Å². The maximum Gasteiger partial charge on any atom is 0.191 e. The number of nitrogens with zero attached hydrogens (tertiary/aromatic N) is 2. The number of hydrogen-bond donors (Lipinski definition) is 2. The van der Waals surface area contributed by atoms with E-state index in [1.54, 1.807) is 7.05 Å². The molecule has 1 fully saturated rings. The molecule has 0 amide bonds. The molecule has 0 aromatic rings. The van der Waals surface area contributed by atoms with Gasteiger partial charge in [-0.2, -0.15) is 0 Å². The van der Waals surface area contributed by atoms with Gasteiger partial charge >= 0.3 is 0 Å². The largest absolute Gasteiger partial charge is 0.355 e. The lowest BCUT2D eigenvalue weighted by Gasteiger charge is -2.27. The van der Waals surface area contributed by atoms with E-state index in [4.69, 9.17) is 0 Å². The predicted octanol–water partition coefficient (Wildman–Crippen LogP) is 1.21. The Kier molecular flexibility index (Phi) is 6.70. The van der Waals surface area contributed by atoms with Crippen LogP contribution in [0.1, 0.15) is 26.2 Å². The van der Waals surface area contributed by atoms with Crippen molar-refractivity contribution in [3.05, 3.63) is 12.7 Å². The summed E-state index contributed by atoms with van der Waals surface area (Å²) in [6.07, 6.45) is 5.72. The molecule has 0 bridgehead atoms. The van der Waals surface area contributed by atoms with Crippen LogP contribution < -0.4 is 10.6 Å². The van der Waals surface area contributed by atoms with E-state index in [0.29, 0.717) is 6.04 Å². The van der Waals surface area contributed by atoms with Crippen molar-refractivity contribution in [1.29, 1.82) is 0 Å². The number of hydrogen-bond acceptors (Lipinski definition) is 2. The van der Waals surface area contributed by atoms with Gasteiger partial charge < -0.3 is 10.6 Å². The topological polar surface area (TPSA) is 39.7 Å². The lowest BCUT2D eigenvalue weighted by atomic mass is 10.2. The molecule has 0 aromatic carbocycles. The zero-order chi connectivity index (χ0) is 12.5. The van der Waals surface area contributed by atoms with Crippen molar-refractivity contribution in [2.24, 2.45) is 4.99 Å². The summed E-state index contributed by atoms with van der Waals surface area (Å²) in [5.74, 6) is 0.863. The summed E-state index contributed by atoms with van der Waals surface area (Å²) in [7, 11) is 1.80. The van der Waals surface area contributed by atoms with Crippen molar-refractivity contribution in [2.75, 3.05) is 33.2 Å². The average Bonchev–Trinajstić information content (AvgIpc) is 2.87. The van der Waals surface area contributed by atoms with Crippen molar-refractivity contribution in [1.82, 2.24) is 15.5 Å². The van der Waals surface area contributed by atoms with Crippen LogP contribution in [-0.2, 0) is 0 Å². The molecule has 0 saturated carbocycles. The number of aliphatic imine (C=N–C) groups is 1. The molecule has 0 radical (unpaired) electrons. The normalized spacial score (nSPS) is 19.1. The highest BCUT2D eigenvalue weighted by molar-refractivity contribution is 5.79. The quantitative estimate of drug-likeness (QED) is 0.415. The first-order valence-corrected chi connectivity index (χ1v) is 6.61. The maximum atomic E-state index is 4.19. The lowest BCUT2D eigenvalue weighted by molar-refractivity contribution is 0.236. The number of likely N-dealkylation sites (tertiary alicyclic amines) is 1. The first-order valence-electron chi connectivity index (χ1n) is 6.61. The Balaban J connectivity index is 2.32. The Hall–Kier alpha value is -1.03. The highest BCUT2D eigenvalue weighted by Gasteiger charge is 2.20. The van der Waals surface area contributed by atoms with Crippen LogP contribution in [0.15, 0.2) is 17.6 Å². The fourth-order valence-corrected chi connectivity index (χ4v) is 2.24. The Morgan fingerprint density at radius 3 is 2.65 bits per heavy atom.